The van der Waals surface area contributed by atoms with Crippen LogP contribution in [0.5, 0.6) is 0 Å². The first-order chi connectivity index (χ1) is 5.42. The molecule has 60 valence electrons. The monoisotopic (exact) mass is 149 g/mol. The summed E-state index contributed by atoms with van der Waals surface area (Å²) in [4.78, 5) is 2.53. The van der Waals surface area contributed by atoms with Crippen LogP contribution in [0.25, 0.3) is 0 Å². The van der Waals surface area contributed by atoms with Gasteiger partial charge in [-0.15, -0.1) is 6.42 Å². The Morgan fingerprint density at radius 1 is 1.18 bits per heavy atom. The van der Waals surface area contributed by atoms with E-state index in [0.717, 1.165) is 6.04 Å². The molecule has 1 saturated carbocycles. The second-order valence-corrected chi connectivity index (χ2v) is 3.65. The van der Waals surface area contributed by atoms with Gasteiger partial charge in [0.15, 0.2) is 0 Å². The maximum Gasteiger partial charge on any atom is 0.0714 e. The molecule has 0 spiro atoms. The van der Waals surface area contributed by atoms with E-state index in [0.29, 0.717) is 6.04 Å². The largest absolute Gasteiger partial charge is 0.287 e. The molecule has 1 saturated heterocycles. The van der Waals surface area contributed by atoms with Gasteiger partial charge in [0.2, 0.25) is 0 Å². The summed E-state index contributed by atoms with van der Waals surface area (Å²) in [5.74, 6) is 2.89. The molecule has 1 heterocycles. The van der Waals surface area contributed by atoms with Gasteiger partial charge in [-0.1, -0.05) is 12.3 Å². The Balaban J connectivity index is 1.96. The van der Waals surface area contributed by atoms with Gasteiger partial charge in [-0.2, -0.15) is 0 Å². The molecule has 11 heavy (non-hydrogen) atoms. The van der Waals surface area contributed by atoms with Crippen LogP contribution in [0.2, 0.25) is 0 Å². The molecule has 0 N–H and O–H groups in total. The first-order valence-corrected chi connectivity index (χ1v) is 4.63. The summed E-state index contributed by atoms with van der Waals surface area (Å²) >= 11 is 0. The fraction of sp³-hybridized carbons (Fsp3) is 0.800. The molecular formula is C10H15N. The Morgan fingerprint density at radius 3 is 2.55 bits per heavy atom. The molecule has 0 bridgehead atoms. The zero-order valence-electron chi connectivity index (χ0n) is 6.92. The Hall–Kier alpha value is -0.480. The van der Waals surface area contributed by atoms with Gasteiger partial charge in [0.25, 0.3) is 0 Å². The molecule has 1 aliphatic heterocycles. The number of hydrogen-bond acceptors (Lipinski definition) is 1. The van der Waals surface area contributed by atoms with Gasteiger partial charge < -0.3 is 0 Å². The standard InChI is InChI=1S/C10H15N/c1-2-9-7-4-8-11(9)10-5-3-6-10/h1,9-10H,3-8H2. The third-order valence-electron chi connectivity index (χ3n) is 3.03. The Bertz CT molecular complexity index is 176. The van der Waals surface area contributed by atoms with Crippen molar-refractivity contribution in [3.63, 3.8) is 0 Å². The molecule has 2 rings (SSSR count). The van der Waals surface area contributed by atoms with Crippen molar-refractivity contribution in [1.82, 2.24) is 4.90 Å². The third-order valence-corrected chi connectivity index (χ3v) is 3.03. The highest BCUT2D eigenvalue weighted by molar-refractivity contribution is 5.05. The van der Waals surface area contributed by atoms with Crippen molar-refractivity contribution >= 4 is 0 Å². The van der Waals surface area contributed by atoms with Crippen molar-refractivity contribution in [3.05, 3.63) is 0 Å². The van der Waals surface area contributed by atoms with Crippen LogP contribution in [0.1, 0.15) is 32.1 Å². The normalized spacial score (nSPS) is 33.2. The van der Waals surface area contributed by atoms with Crippen LogP contribution in [0.4, 0.5) is 0 Å². The van der Waals surface area contributed by atoms with Crippen LogP contribution in [-0.4, -0.2) is 23.5 Å². The molecule has 1 unspecified atom stereocenters. The smallest absolute Gasteiger partial charge is 0.0714 e. The SMILES string of the molecule is C#CC1CCCN1C1CCC1. The average Bonchev–Trinajstić information content (AvgIpc) is 2.32. The molecule has 0 aromatic rings. The molecule has 2 aliphatic rings. The predicted molar refractivity (Wildman–Crippen MR) is 46.2 cm³/mol. The van der Waals surface area contributed by atoms with Gasteiger partial charge in [0, 0.05) is 6.04 Å². The summed E-state index contributed by atoms with van der Waals surface area (Å²) in [6.45, 7) is 1.25. The van der Waals surface area contributed by atoms with E-state index in [-0.39, 0.29) is 0 Å². The van der Waals surface area contributed by atoms with Gasteiger partial charge in [0.1, 0.15) is 0 Å². The van der Waals surface area contributed by atoms with Gasteiger partial charge in [-0.3, -0.25) is 4.90 Å². The van der Waals surface area contributed by atoms with Crippen molar-refractivity contribution in [2.45, 2.75) is 44.2 Å². The van der Waals surface area contributed by atoms with Crippen LogP contribution in [-0.2, 0) is 0 Å². The van der Waals surface area contributed by atoms with E-state index < -0.39 is 0 Å². The molecule has 2 fully saturated rings. The quantitative estimate of drug-likeness (QED) is 0.512. The summed E-state index contributed by atoms with van der Waals surface area (Å²) in [7, 11) is 0. The van der Waals surface area contributed by atoms with Crippen molar-refractivity contribution < 1.29 is 0 Å². The molecule has 1 atom stereocenters. The highest BCUT2D eigenvalue weighted by Gasteiger charge is 2.32. The Kier molecular flexibility index (Phi) is 1.87. The number of terminal acetylenes is 1. The van der Waals surface area contributed by atoms with Crippen LogP contribution in [0, 0.1) is 12.3 Å². The minimum absolute atomic E-state index is 0.472. The Morgan fingerprint density at radius 2 is 2.00 bits per heavy atom. The fourth-order valence-electron chi connectivity index (χ4n) is 2.12. The maximum atomic E-state index is 5.45. The lowest BCUT2D eigenvalue weighted by Crippen LogP contribution is -2.42. The van der Waals surface area contributed by atoms with Crippen molar-refractivity contribution in [2.24, 2.45) is 0 Å². The van der Waals surface area contributed by atoms with Gasteiger partial charge in [-0.05, 0) is 32.2 Å². The van der Waals surface area contributed by atoms with Gasteiger partial charge in [-0.25, -0.2) is 0 Å². The average molecular weight is 149 g/mol. The topological polar surface area (TPSA) is 3.24 Å². The molecule has 0 amide bonds. The summed E-state index contributed by atoms with van der Waals surface area (Å²) in [6.07, 6.45) is 12.2. The van der Waals surface area contributed by atoms with E-state index in [1.165, 1.54) is 38.6 Å². The number of likely N-dealkylation sites (tertiary alicyclic amines) is 1. The fourth-order valence-corrected chi connectivity index (χ4v) is 2.12. The second kappa shape index (κ2) is 2.87. The molecule has 1 nitrogen and oxygen atoms in total. The highest BCUT2D eigenvalue weighted by Crippen LogP contribution is 2.30. The zero-order valence-corrected chi connectivity index (χ0v) is 6.92. The minimum atomic E-state index is 0.472. The number of nitrogens with zero attached hydrogens (tertiary/aromatic N) is 1. The first kappa shape index (κ1) is 7.18. The van der Waals surface area contributed by atoms with Crippen LogP contribution in [0.3, 0.4) is 0 Å². The zero-order chi connectivity index (χ0) is 7.68. The lowest BCUT2D eigenvalue weighted by atomic mass is 9.91. The van der Waals surface area contributed by atoms with E-state index in [1.807, 2.05) is 0 Å². The van der Waals surface area contributed by atoms with Crippen LogP contribution in [0.15, 0.2) is 0 Å². The molecule has 0 aromatic heterocycles. The number of hydrogen-bond donors (Lipinski definition) is 0. The summed E-state index contributed by atoms with van der Waals surface area (Å²) in [5, 5.41) is 0. The summed E-state index contributed by atoms with van der Waals surface area (Å²) in [5.41, 5.74) is 0. The van der Waals surface area contributed by atoms with E-state index in [2.05, 4.69) is 10.8 Å². The van der Waals surface area contributed by atoms with Gasteiger partial charge in [0.05, 0.1) is 6.04 Å². The van der Waals surface area contributed by atoms with Crippen molar-refractivity contribution in [2.75, 3.05) is 6.54 Å². The third kappa shape index (κ3) is 1.16. The molecule has 1 heteroatoms. The molecule has 0 radical (unpaired) electrons. The van der Waals surface area contributed by atoms with E-state index in [1.54, 1.807) is 0 Å². The van der Waals surface area contributed by atoms with E-state index in [9.17, 15) is 0 Å². The Labute approximate surface area is 68.8 Å². The lowest BCUT2D eigenvalue weighted by Gasteiger charge is -2.36. The van der Waals surface area contributed by atoms with Crippen molar-refractivity contribution in [3.8, 4) is 12.3 Å². The highest BCUT2D eigenvalue weighted by atomic mass is 15.2. The number of rotatable bonds is 1. The lowest BCUT2D eigenvalue weighted by molar-refractivity contribution is 0.136. The molecular weight excluding hydrogens is 134 g/mol. The van der Waals surface area contributed by atoms with E-state index >= 15 is 0 Å². The van der Waals surface area contributed by atoms with Crippen LogP contribution < -0.4 is 0 Å². The predicted octanol–water partition coefficient (Wildman–Crippen LogP) is 1.64. The summed E-state index contributed by atoms with van der Waals surface area (Å²) < 4.78 is 0. The molecule has 0 aromatic carbocycles. The van der Waals surface area contributed by atoms with Crippen LogP contribution >= 0.6 is 0 Å². The van der Waals surface area contributed by atoms with E-state index in [4.69, 9.17) is 6.42 Å². The second-order valence-electron chi connectivity index (χ2n) is 3.65. The van der Waals surface area contributed by atoms with Crippen molar-refractivity contribution in [1.29, 1.82) is 0 Å². The van der Waals surface area contributed by atoms with Gasteiger partial charge >= 0.3 is 0 Å². The maximum absolute atomic E-state index is 5.45. The first-order valence-electron chi connectivity index (χ1n) is 4.63. The summed E-state index contributed by atoms with van der Waals surface area (Å²) in [6, 6.07) is 1.32. The minimum Gasteiger partial charge on any atom is -0.287 e. The molecule has 1 aliphatic carbocycles.